The summed E-state index contributed by atoms with van der Waals surface area (Å²) in [5.41, 5.74) is 4.31. The Morgan fingerprint density at radius 3 is 2.86 bits per heavy atom. The summed E-state index contributed by atoms with van der Waals surface area (Å²) in [6, 6.07) is 14.0. The fourth-order valence-corrected chi connectivity index (χ4v) is 3.26. The number of aryl methyl sites for hydroxylation is 3. The first-order valence-corrected chi connectivity index (χ1v) is 9.57. The monoisotopic (exact) mass is 377 g/mol. The number of ether oxygens (including phenoxy) is 1. The number of carbonyl (C=O) groups excluding carboxylic acids is 1. The smallest absolute Gasteiger partial charge is 0.243 e. The van der Waals surface area contributed by atoms with Gasteiger partial charge in [0.15, 0.2) is 0 Å². The van der Waals surface area contributed by atoms with Gasteiger partial charge in [0.2, 0.25) is 5.91 Å². The Kier molecular flexibility index (Phi) is 6.14. The lowest BCUT2D eigenvalue weighted by Crippen LogP contribution is -2.27. The highest BCUT2D eigenvalue weighted by Gasteiger charge is 2.17. The van der Waals surface area contributed by atoms with Crippen molar-refractivity contribution in [2.45, 2.75) is 39.8 Å². The first kappa shape index (κ1) is 19.7. The molecule has 0 radical (unpaired) electrons. The van der Waals surface area contributed by atoms with Crippen molar-refractivity contribution in [2.24, 2.45) is 0 Å². The molecule has 0 aliphatic carbocycles. The molecule has 1 aromatic heterocycles. The van der Waals surface area contributed by atoms with E-state index in [4.69, 9.17) is 9.72 Å². The van der Waals surface area contributed by atoms with E-state index in [1.807, 2.05) is 25.1 Å². The predicted octanol–water partition coefficient (Wildman–Crippen LogP) is 4.49. The lowest BCUT2D eigenvalue weighted by Gasteiger charge is -2.16. The van der Waals surface area contributed by atoms with Crippen molar-refractivity contribution in [3.63, 3.8) is 0 Å². The van der Waals surface area contributed by atoms with Gasteiger partial charge in [0.25, 0.3) is 0 Å². The number of para-hydroxylation sites is 2. The van der Waals surface area contributed by atoms with Gasteiger partial charge >= 0.3 is 0 Å². The molecule has 1 atom stereocenters. The number of amides is 1. The van der Waals surface area contributed by atoms with Gasteiger partial charge in [0.05, 0.1) is 23.7 Å². The predicted molar refractivity (Wildman–Crippen MR) is 113 cm³/mol. The summed E-state index contributed by atoms with van der Waals surface area (Å²) in [5.74, 6) is 1.56. The van der Waals surface area contributed by atoms with Gasteiger partial charge in [-0.1, -0.05) is 30.8 Å². The number of rotatable bonds is 8. The number of carbonyl (C=O) groups is 1. The maximum Gasteiger partial charge on any atom is 0.243 e. The Hall–Kier alpha value is -3.08. The van der Waals surface area contributed by atoms with E-state index in [2.05, 4.69) is 54.6 Å². The third-order valence-corrected chi connectivity index (χ3v) is 4.74. The molecular formula is C23H27N3O2. The van der Waals surface area contributed by atoms with Gasteiger partial charge in [-0.15, -0.1) is 0 Å². The molecule has 0 aliphatic rings. The van der Waals surface area contributed by atoms with Gasteiger partial charge in [-0.05, 0) is 62.6 Å². The van der Waals surface area contributed by atoms with Crippen molar-refractivity contribution in [1.29, 1.82) is 0 Å². The highest BCUT2D eigenvalue weighted by molar-refractivity contribution is 5.87. The van der Waals surface area contributed by atoms with E-state index in [0.29, 0.717) is 6.61 Å². The summed E-state index contributed by atoms with van der Waals surface area (Å²) in [5, 5.41) is 2.91. The molecule has 0 aliphatic heterocycles. The third-order valence-electron chi connectivity index (χ3n) is 4.74. The molecule has 5 heteroatoms. The SMILES string of the molecule is C=CC(=O)NC(C)c1nc2ccccc2n1CCCOc1cc(C)ccc1C. The number of fused-ring (bicyclic) bond motifs is 1. The zero-order chi connectivity index (χ0) is 20.1. The topological polar surface area (TPSA) is 56.2 Å². The van der Waals surface area contributed by atoms with E-state index in [1.165, 1.54) is 11.6 Å². The Bertz CT molecular complexity index is 991. The summed E-state index contributed by atoms with van der Waals surface area (Å²) < 4.78 is 8.16. The molecule has 0 saturated heterocycles. The van der Waals surface area contributed by atoms with Crippen LogP contribution in [-0.4, -0.2) is 22.1 Å². The summed E-state index contributed by atoms with van der Waals surface area (Å²) in [6.45, 7) is 10.9. The molecule has 1 heterocycles. The van der Waals surface area contributed by atoms with E-state index in [0.717, 1.165) is 41.1 Å². The zero-order valence-electron chi connectivity index (χ0n) is 16.7. The number of aromatic nitrogens is 2. The van der Waals surface area contributed by atoms with Crippen LogP contribution in [0.25, 0.3) is 11.0 Å². The molecule has 2 aromatic carbocycles. The second-order valence-electron chi connectivity index (χ2n) is 7.02. The Morgan fingerprint density at radius 2 is 2.07 bits per heavy atom. The summed E-state index contributed by atoms with van der Waals surface area (Å²) in [6.07, 6.45) is 2.12. The van der Waals surface area contributed by atoms with E-state index >= 15 is 0 Å². The Balaban J connectivity index is 1.74. The van der Waals surface area contributed by atoms with Gasteiger partial charge in [-0.2, -0.15) is 0 Å². The second kappa shape index (κ2) is 8.74. The van der Waals surface area contributed by atoms with Crippen LogP contribution in [0.15, 0.2) is 55.1 Å². The van der Waals surface area contributed by atoms with Crippen LogP contribution >= 0.6 is 0 Å². The van der Waals surface area contributed by atoms with Crippen molar-refractivity contribution in [3.8, 4) is 5.75 Å². The van der Waals surface area contributed by atoms with Gasteiger partial charge in [-0.25, -0.2) is 4.98 Å². The third kappa shape index (κ3) is 4.42. The molecule has 5 nitrogen and oxygen atoms in total. The van der Waals surface area contributed by atoms with Gasteiger partial charge in [0.1, 0.15) is 11.6 Å². The average molecular weight is 377 g/mol. The van der Waals surface area contributed by atoms with Crippen LogP contribution in [0.1, 0.15) is 36.3 Å². The molecule has 3 aromatic rings. The summed E-state index contributed by atoms with van der Waals surface area (Å²) in [4.78, 5) is 16.4. The lowest BCUT2D eigenvalue weighted by molar-refractivity contribution is -0.117. The van der Waals surface area contributed by atoms with Crippen LogP contribution < -0.4 is 10.1 Å². The maximum absolute atomic E-state index is 11.7. The number of nitrogens with one attached hydrogen (secondary N) is 1. The van der Waals surface area contributed by atoms with Crippen molar-refractivity contribution in [1.82, 2.24) is 14.9 Å². The molecule has 1 N–H and O–H groups in total. The molecule has 0 saturated carbocycles. The first-order valence-electron chi connectivity index (χ1n) is 9.57. The van der Waals surface area contributed by atoms with Crippen LogP contribution in [0.3, 0.4) is 0 Å². The molecular weight excluding hydrogens is 350 g/mol. The van der Waals surface area contributed by atoms with Gasteiger partial charge in [-0.3, -0.25) is 4.79 Å². The van der Waals surface area contributed by atoms with Gasteiger partial charge < -0.3 is 14.6 Å². The molecule has 0 fully saturated rings. The number of hydrogen-bond acceptors (Lipinski definition) is 3. The largest absolute Gasteiger partial charge is 0.493 e. The summed E-state index contributed by atoms with van der Waals surface area (Å²) >= 11 is 0. The van der Waals surface area contributed by atoms with Crippen molar-refractivity contribution >= 4 is 16.9 Å². The van der Waals surface area contributed by atoms with Crippen LogP contribution in [0.2, 0.25) is 0 Å². The molecule has 1 amide bonds. The number of benzene rings is 2. The lowest BCUT2D eigenvalue weighted by atomic mass is 10.1. The van der Waals surface area contributed by atoms with Crippen LogP contribution in [0, 0.1) is 13.8 Å². The minimum Gasteiger partial charge on any atom is -0.493 e. The van der Waals surface area contributed by atoms with E-state index in [1.54, 1.807) is 0 Å². The van der Waals surface area contributed by atoms with E-state index < -0.39 is 0 Å². The van der Waals surface area contributed by atoms with E-state index in [-0.39, 0.29) is 11.9 Å². The molecule has 146 valence electrons. The van der Waals surface area contributed by atoms with Crippen LogP contribution in [-0.2, 0) is 11.3 Å². The Morgan fingerprint density at radius 1 is 1.29 bits per heavy atom. The maximum atomic E-state index is 11.7. The first-order chi connectivity index (χ1) is 13.5. The molecule has 28 heavy (non-hydrogen) atoms. The fraction of sp³-hybridized carbons (Fsp3) is 0.304. The van der Waals surface area contributed by atoms with Crippen molar-refractivity contribution < 1.29 is 9.53 Å². The quantitative estimate of drug-likeness (QED) is 0.465. The zero-order valence-corrected chi connectivity index (χ0v) is 16.7. The van der Waals surface area contributed by atoms with Gasteiger partial charge in [0, 0.05) is 6.54 Å². The fourth-order valence-electron chi connectivity index (χ4n) is 3.26. The number of imidazole rings is 1. The molecule has 3 rings (SSSR count). The number of nitrogens with zero attached hydrogens (tertiary/aromatic N) is 2. The average Bonchev–Trinajstić information content (AvgIpc) is 3.06. The van der Waals surface area contributed by atoms with Crippen molar-refractivity contribution in [3.05, 3.63) is 72.1 Å². The standard InChI is InChI=1S/C23H27N3O2/c1-5-22(27)24-18(4)23-25-19-9-6-7-10-20(19)26(23)13-8-14-28-21-15-16(2)11-12-17(21)3/h5-7,9-12,15,18H,1,8,13-14H2,2-4H3,(H,24,27). The van der Waals surface area contributed by atoms with E-state index in [9.17, 15) is 4.79 Å². The molecule has 1 unspecified atom stereocenters. The van der Waals surface area contributed by atoms with Crippen LogP contribution in [0.5, 0.6) is 5.75 Å². The second-order valence-corrected chi connectivity index (χ2v) is 7.02. The normalized spacial score (nSPS) is 12.0. The Labute approximate surface area is 166 Å². The summed E-state index contributed by atoms with van der Waals surface area (Å²) in [7, 11) is 0. The molecule has 0 bridgehead atoms. The number of hydrogen-bond donors (Lipinski definition) is 1. The highest BCUT2D eigenvalue weighted by Crippen LogP contribution is 2.22. The molecule has 0 spiro atoms. The highest BCUT2D eigenvalue weighted by atomic mass is 16.5. The minimum absolute atomic E-state index is 0.204. The van der Waals surface area contributed by atoms with Crippen molar-refractivity contribution in [2.75, 3.05) is 6.61 Å². The minimum atomic E-state index is -0.210. The van der Waals surface area contributed by atoms with Crippen LogP contribution in [0.4, 0.5) is 0 Å².